The van der Waals surface area contributed by atoms with Crippen LogP contribution in [0.5, 0.6) is 0 Å². The summed E-state index contributed by atoms with van der Waals surface area (Å²) in [5.41, 5.74) is 1.51. The number of carbonyl (C=O) groups excluding carboxylic acids is 1. The Balaban J connectivity index is 0.00000145. The lowest BCUT2D eigenvalue weighted by Gasteiger charge is -2.38. The van der Waals surface area contributed by atoms with Gasteiger partial charge in [-0.15, -0.1) is 0 Å². The van der Waals surface area contributed by atoms with Crippen molar-refractivity contribution in [2.45, 2.75) is 0 Å². The second-order valence-corrected chi connectivity index (χ2v) is 6.16. The maximum absolute atomic E-state index is 11.1. The zero-order valence-electron chi connectivity index (χ0n) is 16.4. The molecule has 1 N–H and O–H groups in total. The predicted octanol–water partition coefficient (Wildman–Crippen LogP) is 1.71. The Labute approximate surface area is 169 Å². The van der Waals surface area contributed by atoms with Crippen molar-refractivity contribution in [2.75, 3.05) is 40.5 Å². The minimum Gasteiger partial charge on any atom is -0.400 e. The number of ether oxygens (including phenoxy) is 1. The van der Waals surface area contributed by atoms with Crippen LogP contribution in [0.4, 0.5) is 5.69 Å². The number of nitro benzene ring substituents is 1. The van der Waals surface area contributed by atoms with Crippen LogP contribution in [0.3, 0.4) is 0 Å². The van der Waals surface area contributed by atoms with E-state index in [0.29, 0.717) is 42.2 Å². The number of nitrogens with zero attached hydrogens (tertiary/aromatic N) is 4. The van der Waals surface area contributed by atoms with Gasteiger partial charge < -0.3 is 19.6 Å². The molecule has 1 aromatic rings. The summed E-state index contributed by atoms with van der Waals surface area (Å²) in [6.45, 7) is 6.38. The van der Waals surface area contributed by atoms with E-state index in [9.17, 15) is 14.9 Å². The van der Waals surface area contributed by atoms with E-state index in [1.165, 1.54) is 12.1 Å². The first-order valence-electron chi connectivity index (χ1n) is 8.92. The Bertz CT molecular complexity index is 869. The fourth-order valence-electron chi connectivity index (χ4n) is 2.92. The number of morpholine rings is 1. The molecule has 0 bridgehead atoms. The van der Waals surface area contributed by atoms with Gasteiger partial charge in [-0.1, -0.05) is 18.7 Å². The highest BCUT2D eigenvalue weighted by atomic mass is 16.6. The van der Waals surface area contributed by atoms with Crippen molar-refractivity contribution in [3.8, 4) is 0 Å². The summed E-state index contributed by atoms with van der Waals surface area (Å²) >= 11 is 0. The van der Waals surface area contributed by atoms with Gasteiger partial charge in [0.25, 0.3) is 5.69 Å². The molecule has 154 valence electrons. The first-order chi connectivity index (χ1) is 14.0. The molecule has 0 amide bonds. The number of hydrogen-bond donors (Lipinski definition) is 1. The van der Waals surface area contributed by atoms with E-state index in [4.69, 9.17) is 9.84 Å². The molecule has 9 nitrogen and oxygen atoms in total. The van der Waals surface area contributed by atoms with Gasteiger partial charge in [0.1, 0.15) is 17.9 Å². The number of hydrogen-bond acceptors (Lipinski definition) is 8. The molecule has 2 heterocycles. The summed E-state index contributed by atoms with van der Waals surface area (Å²) in [6.07, 6.45) is 4.15. The van der Waals surface area contributed by atoms with Gasteiger partial charge in [-0.05, 0) is 6.08 Å². The third-order valence-electron chi connectivity index (χ3n) is 4.34. The van der Waals surface area contributed by atoms with Crippen LogP contribution in [0, 0.1) is 10.1 Å². The van der Waals surface area contributed by atoms with Gasteiger partial charge >= 0.3 is 0 Å². The highest BCUT2D eigenvalue weighted by molar-refractivity contribution is 6.10. The molecule has 0 aliphatic carbocycles. The zero-order chi connectivity index (χ0) is 21.4. The second-order valence-electron chi connectivity index (χ2n) is 6.16. The first-order valence-corrected chi connectivity index (χ1v) is 8.92. The second kappa shape index (κ2) is 10.3. The van der Waals surface area contributed by atoms with Crippen LogP contribution >= 0.6 is 0 Å². The number of aliphatic imine (C=N–C) groups is 1. The summed E-state index contributed by atoms with van der Waals surface area (Å²) in [7, 11) is 2.86. The van der Waals surface area contributed by atoms with Crippen LogP contribution in [-0.4, -0.2) is 72.3 Å². The number of nitro groups is 1. The fourth-order valence-corrected chi connectivity index (χ4v) is 2.92. The standard InChI is InChI=1S/C19H20N4O4.CH4O/c1-14(13-24)10-18-20-17(15-4-3-5-16(11-15)23(25)26)12-19(21(18)2)22-6-8-27-9-7-22;1-2/h3-5,10-13H,1,6-9H2,2H3;2H,1H3/b18-10-;. The predicted molar refractivity (Wildman–Crippen MR) is 109 cm³/mol. The van der Waals surface area contributed by atoms with Crippen molar-refractivity contribution >= 4 is 17.7 Å². The Morgan fingerprint density at radius 3 is 2.66 bits per heavy atom. The number of allylic oxidation sites excluding steroid dienone is 3. The molecule has 2 aliphatic rings. The summed E-state index contributed by atoms with van der Waals surface area (Å²) in [6, 6.07) is 6.33. The van der Waals surface area contributed by atoms with Crippen LogP contribution in [0.2, 0.25) is 0 Å². The zero-order valence-corrected chi connectivity index (χ0v) is 16.4. The van der Waals surface area contributed by atoms with Gasteiger partial charge in [0.15, 0.2) is 0 Å². The maximum Gasteiger partial charge on any atom is 0.270 e. The topological polar surface area (TPSA) is 109 Å². The Kier molecular flexibility index (Phi) is 7.81. The average molecular weight is 400 g/mol. The third kappa shape index (κ3) is 5.37. The Morgan fingerprint density at radius 1 is 1.34 bits per heavy atom. The SMILES string of the molecule is C=C(C=O)/C=C1/N=C(c2cccc([N+](=O)[O-])c2)C=C(N2CCOCC2)N1C.CO. The molecule has 1 fully saturated rings. The van der Waals surface area contributed by atoms with Crippen LogP contribution in [0.25, 0.3) is 0 Å². The van der Waals surface area contributed by atoms with Crippen molar-refractivity contribution in [1.29, 1.82) is 0 Å². The van der Waals surface area contributed by atoms with Crippen molar-refractivity contribution < 1.29 is 19.6 Å². The van der Waals surface area contributed by atoms with Gasteiger partial charge in [-0.3, -0.25) is 14.9 Å². The van der Waals surface area contributed by atoms with Crippen LogP contribution < -0.4 is 0 Å². The molecule has 0 atom stereocenters. The molecule has 0 radical (unpaired) electrons. The molecule has 0 aromatic heterocycles. The van der Waals surface area contributed by atoms with Gasteiger partial charge in [-0.2, -0.15) is 0 Å². The largest absolute Gasteiger partial charge is 0.400 e. The lowest BCUT2D eigenvalue weighted by Crippen LogP contribution is -2.42. The van der Waals surface area contributed by atoms with Crippen molar-refractivity contribution in [3.05, 3.63) is 75.9 Å². The van der Waals surface area contributed by atoms with Crippen molar-refractivity contribution in [3.63, 3.8) is 0 Å². The maximum atomic E-state index is 11.1. The van der Waals surface area contributed by atoms with Crippen LogP contribution in [0.1, 0.15) is 5.56 Å². The lowest BCUT2D eigenvalue weighted by atomic mass is 10.1. The molecule has 2 aliphatic heterocycles. The number of aldehydes is 1. The Hall–Kier alpha value is -3.30. The molecular weight excluding hydrogens is 376 g/mol. The number of non-ortho nitro benzene ring substituents is 1. The van der Waals surface area contributed by atoms with Crippen molar-refractivity contribution in [1.82, 2.24) is 9.80 Å². The fraction of sp³-hybridized carbons (Fsp3) is 0.300. The number of rotatable bonds is 5. The summed E-state index contributed by atoms with van der Waals surface area (Å²) in [4.78, 5) is 30.3. The third-order valence-corrected chi connectivity index (χ3v) is 4.34. The van der Waals surface area contributed by atoms with Gasteiger partial charge in [0.05, 0.1) is 23.8 Å². The number of aliphatic hydroxyl groups is 1. The number of benzene rings is 1. The van der Waals surface area contributed by atoms with E-state index < -0.39 is 4.92 Å². The molecule has 3 rings (SSSR count). The van der Waals surface area contributed by atoms with E-state index >= 15 is 0 Å². The van der Waals surface area contributed by atoms with Gasteiger partial charge in [0, 0.05) is 56.6 Å². The Morgan fingerprint density at radius 2 is 2.03 bits per heavy atom. The van der Waals surface area contributed by atoms with E-state index in [-0.39, 0.29) is 5.69 Å². The highest BCUT2D eigenvalue weighted by Gasteiger charge is 2.24. The quantitative estimate of drug-likeness (QED) is 0.347. The van der Waals surface area contributed by atoms with Crippen LogP contribution in [0.15, 0.2) is 65.2 Å². The molecule has 0 saturated carbocycles. The van der Waals surface area contributed by atoms with E-state index in [1.54, 1.807) is 18.2 Å². The summed E-state index contributed by atoms with van der Waals surface area (Å²) in [5.74, 6) is 1.43. The molecule has 29 heavy (non-hydrogen) atoms. The smallest absolute Gasteiger partial charge is 0.270 e. The minimum atomic E-state index is -0.434. The van der Waals surface area contributed by atoms with Crippen LogP contribution in [-0.2, 0) is 9.53 Å². The van der Waals surface area contributed by atoms with E-state index in [0.717, 1.165) is 26.0 Å². The van der Waals surface area contributed by atoms with E-state index in [1.807, 2.05) is 18.0 Å². The van der Waals surface area contributed by atoms with E-state index in [2.05, 4.69) is 16.5 Å². The van der Waals surface area contributed by atoms with Crippen molar-refractivity contribution in [2.24, 2.45) is 4.99 Å². The van der Waals surface area contributed by atoms with Gasteiger partial charge in [0.2, 0.25) is 0 Å². The monoisotopic (exact) mass is 400 g/mol. The molecule has 9 heteroatoms. The minimum absolute atomic E-state index is 0.00159. The summed E-state index contributed by atoms with van der Waals surface area (Å²) < 4.78 is 5.42. The molecule has 0 unspecified atom stereocenters. The molecule has 0 spiro atoms. The number of carbonyl (C=O) groups is 1. The average Bonchev–Trinajstić information content (AvgIpc) is 2.77. The lowest BCUT2D eigenvalue weighted by molar-refractivity contribution is -0.384. The highest BCUT2D eigenvalue weighted by Crippen LogP contribution is 2.26. The molecular formula is C20H24N4O5. The normalized spacial score (nSPS) is 17.7. The van der Waals surface area contributed by atoms with Gasteiger partial charge in [-0.25, -0.2) is 4.99 Å². The summed E-state index contributed by atoms with van der Waals surface area (Å²) in [5, 5.41) is 18.1. The molecule has 1 aromatic carbocycles. The number of aliphatic hydroxyl groups excluding tert-OH is 1. The molecule has 1 saturated heterocycles. The first kappa shape index (κ1) is 22.0.